The number of amides is 1. The second-order valence-electron chi connectivity index (χ2n) is 7.81. The van der Waals surface area contributed by atoms with Crippen LogP contribution in [0.5, 0.6) is 0 Å². The first-order valence-electron chi connectivity index (χ1n) is 10.3. The summed E-state index contributed by atoms with van der Waals surface area (Å²) in [6, 6.07) is 10.7. The number of carbonyl (C=O) groups excluding carboxylic acids is 1. The number of hydrogen-bond acceptors (Lipinski definition) is 5. The van der Waals surface area contributed by atoms with E-state index >= 15 is 0 Å². The molecule has 0 unspecified atom stereocenters. The Balaban J connectivity index is 1.22. The van der Waals surface area contributed by atoms with Gasteiger partial charge < -0.3 is 9.64 Å². The van der Waals surface area contributed by atoms with Gasteiger partial charge in [-0.05, 0) is 30.7 Å². The number of rotatable bonds is 6. The average Bonchev–Trinajstić information content (AvgIpc) is 3.17. The van der Waals surface area contributed by atoms with E-state index in [0.717, 1.165) is 75.9 Å². The first-order valence-corrected chi connectivity index (χ1v) is 11.2. The Morgan fingerprint density at radius 2 is 1.86 bits per heavy atom. The van der Waals surface area contributed by atoms with Gasteiger partial charge >= 0.3 is 0 Å². The van der Waals surface area contributed by atoms with E-state index in [1.165, 1.54) is 5.56 Å². The van der Waals surface area contributed by atoms with Crippen LogP contribution in [0.25, 0.3) is 0 Å². The van der Waals surface area contributed by atoms with Gasteiger partial charge in [-0.3, -0.25) is 9.69 Å². The van der Waals surface area contributed by atoms with E-state index < -0.39 is 0 Å². The summed E-state index contributed by atoms with van der Waals surface area (Å²) in [6.45, 7) is 6.15. The number of nitrogens with zero attached hydrogens (tertiary/aromatic N) is 3. The number of likely N-dealkylation sites (tertiary alicyclic amines) is 1. The van der Waals surface area contributed by atoms with E-state index in [4.69, 9.17) is 9.72 Å². The summed E-state index contributed by atoms with van der Waals surface area (Å²) in [5.74, 6) is 0.909. The number of benzene rings is 1. The van der Waals surface area contributed by atoms with E-state index in [1.54, 1.807) is 11.3 Å². The van der Waals surface area contributed by atoms with E-state index in [9.17, 15) is 4.79 Å². The van der Waals surface area contributed by atoms with Gasteiger partial charge in [0.1, 0.15) is 5.01 Å². The lowest BCUT2D eigenvalue weighted by molar-refractivity contribution is -0.131. The van der Waals surface area contributed by atoms with Crippen LogP contribution in [0.3, 0.4) is 0 Å². The van der Waals surface area contributed by atoms with Crippen LogP contribution >= 0.6 is 11.3 Å². The minimum Gasteiger partial charge on any atom is -0.379 e. The summed E-state index contributed by atoms with van der Waals surface area (Å²) >= 11 is 1.67. The number of ether oxygens (including phenoxy) is 1. The quantitative estimate of drug-likeness (QED) is 0.749. The van der Waals surface area contributed by atoms with Crippen molar-refractivity contribution in [3.05, 3.63) is 52.0 Å². The highest BCUT2D eigenvalue weighted by Gasteiger charge is 2.23. The molecular formula is C22H29N3O2S. The highest BCUT2D eigenvalue weighted by atomic mass is 32.1. The van der Waals surface area contributed by atoms with Crippen molar-refractivity contribution in [2.75, 3.05) is 39.4 Å². The van der Waals surface area contributed by atoms with Crippen LogP contribution in [0, 0.1) is 5.92 Å². The third-order valence-corrected chi connectivity index (χ3v) is 6.61. The van der Waals surface area contributed by atoms with Crippen molar-refractivity contribution in [3.63, 3.8) is 0 Å². The molecule has 150 valence electrons. The number of hydrogen-bond donors (Lipinski definition) is 0. The smallest absolute Gasteiger partial charge is 0.228 e. The number of thiazole rings is 1. The fourth-order valence-corrected chi connectivity index (χ4v) is 4.89. The number of piperidine rings is 1. The zero-order valence-electron chi connectivity index (χ0n) is 16.4. The highest BCUT2D eigenvalue weighted by molar-refractivity contribution is 7.09. The largest absolute Gasteiger partial charge is 0.379 e. The Hall–Kier alpha value is -1.76. The van der Waals surface area contributed by atoms with Crippen molar-refractivity contribution in [1.82, 2.24) is 14.8 Å². The molecule has 3 heterocycles. The van der Waals surface area contributed by atoms with Crippen LogP contribution in [0.4, 0.5) is 0 Å². The predicted octanol–water partition coefficient (Wildman–Crippen LogP) is 3.00. The van der Waals surface area contributed by atoms with E-state index in [-0.39, 0.29) is 5.91 Å². The van der Waals surface area contributed by atoms with Gasteiger partial charge in [0.25, 0.3) is 0 Å². The molecule has 0 bridgehead atoms. The lowest BCUT2D eigenvalue weighted by Crippen LogP contribution is -2.39. The molecule has 2 aliphatic heterocycles. The van der Waals surface area contributed by atoms with Crippen molar-refractivity contribution < 1.29 is 9.53 Å². The van der Waals surface area contributed by atoms with Crippen LogP contribution in [-0.4, -0.2) is 60.1 Å². The molecular weight excluding hydrogens is 370 g/mol. The lowest BCUT2D eigenvalue weighted by Gasteiger charge is -2.32. The lowest BCUT2D eigenvalue weighted by atomic mass is 9.90. The summed E-state index contributed by atoms with van der Waals surface area (Å²) in [6.07, 6.45) is 3.75. The van der Waals surface area contributed by atoms with Gasteiger partial charge in [-0.2, -0.15) is 0 Å². The molecule has 2 fully saturated rings. The maximum absolute atomic E-state index is 12.7. The summed E-state index contributed by atoms with van der Waals surface area (Å²) in [7, 11) is 0. The average molecular weight is 400 g/mol. The van der Waals surface area contributed by atoms with Crippen molar-refractivity contribution >= 4 is 17.2 Å². The zero-order chi connectivity index (χ0) is 19.2. The molecule has 1 aromatic heterocycles. The first-order chi connectivity index (χ1) is 13.8. The topological polar surface area (TPSA) is 45.7 Å². The Labute approximate surface area is 171 Å². The third-order valence-electron chi connectivity index (χ3n) is 5.73. The van der Waals surface area contributed by atoms with Crippen LogP contribution < -0.4 is 0 Å². The van der Waals surface area contributed by atoms with Crippen molar-refractivity contribution in [2.24, 2.45) is 5.92 Å². The maximum atomic E-state index is 12.7. The van der Waals surface area contributed by atoms with Gasteiger partial charge in [0, 0.05) is 31.6 Å². The van der Waals surface area contributed by atoms with Crippen molar-refractivity contribution in [2.45, 2.75) is 32.2 Å². The molecule has 1 aromatic carbocycles. The minimum atomic E-state index is 0.224. The van der Waals surface area contributed by atoms with Gasteiger partial charge in [-0.15, -0.1) is 11.3 Å². The van der Waals surface area contributed by atoms with Gasteiger partial charge in [0.05, 0.1) is 31.9 Å². The Bertz CT molecular complexity index is 750. The molecule has 2 aliphatic rings. The Kier molecular flexibility index (Phi) is 6.73. The predicted molar refractivity (Wildman–Crippen MR) is 111 cm³/mol. The Morgan fingerprint density at radius 3 is 2.61 bits per heavy atom. The van der Waals surface area contributed by atoms with Gasteiger partial charge in [0.15, 0.2) is 0 Å². The molecule has 5 nitrogen and oxygen atoms in total. The highest BCUT2D eigenvalue weighted by Crippen LogP contribution is 2.22. The maximum Gasteiger partial charge on any atom is 0.228 e. The molecule has 0 N–H and O–H groups in total. The molecule has 2 saturated heterocycles. The van der Waals surface area contributed by atoms with Crippen LogP contribution in [0.2, 0.25) is 0 Å². The molecule has 28 heavy (non-hydrogen) atoms. The molecule has 1 amide bonds. The van der Waals surface area contributed by atoms with E-state index in [2.05, 4.69) is 40.6 Å². The summed E-state index contributed by atoms with van der Waals surface area (Å²) in [5.41, 5.74) is 2.33. The standard InChI is InChI=1S/C22H29N3O2S/c26-22(15-20-17-28-21(23-20)16-24-10-12-27-13-11-24)25-8-6-19(7-9-25)14-18-4-2-1-3-5-18/h1-5,17,19H,6-16H2. The van der Waals surface area contributed by atoms with Crippen LogP contribution in [-0.2, 0) is 28.9 Å². The van der Waals surface area contributed by atoms with Gasteiger partial charge in [0.2, 0.25) is 5.91 Å². The molecule has 0 aliphatic carbocycles. The fraction of sp³-hybridized carbons (Fsp3) is 0.545. The second-order valence-corrected chi connectivity index (χ2v) is 8.75. The molecule has 2 aromatic rings. The molecule has 0 radical (unpaired) electrons. The number of carbonyl (C=O) groups is 1. The third kappa shape index (κ3) is 5.40. The first kappa shape index (κ1) is 19.6. The molecule has 0 saturated carbocycles. The van der Waals surface area contributed by atoms with Crippen molar-refractivity contribution in [3.8, 4) is 0 Å². The zero-order valence-corrected chi connectivity index (χ0v) is 17.2. The molecule has 0 atom stereocenters. The molecule has 0 spiro atoms. The normalized spacial score (nSPS) is 19.1. The van der Waals surface area contributed by atoms with Crippen LogP contribution in [0.15, 0.2) is 35.7 Å². The summed E-state index contributed by atoms with van der Waals surface area (Å²) in [4.78, 5) is 21.8. The van der Waals surface area contributed by atoms with E-state index in [1.807, 2.05) is 4.90 Å². The second kappa shape index (κ2) is 9.63. The van der Waals surface area contributed by atoms with Gasteiger partial charge in [-0.1, -0.05) is 30.3 Å². The number of morpholine rings is 1. The monoisotopic (exact) mass is 399 g/mol. The minimum absolute atomic E-state index is 0.224. The summed E-state index contributed by atoms with van der Waals surface area (Å²) < 4.78 is 5.39. The SMILES string of the molecule is O=C(Cc1csc(CN2CCOCC2)n1)N1CCC(Cc2ccccc2)CC1. The fourth-order valence-electron chi connectivity index (χ4n) is 4.05. The molecule has 6 heteroatoms. The van der Waals surface area contributed by atoms with Crippen molar-refractivity contribution in [1.29, 1.82) is 0 Å². The van der Waals surface area contributed by atoms with Crippen LogP contribution in [0.1, 0.15) is 29.1 Å². The Morgan fingerprint density at radius 1 is 1.11 bits per heavy atom. The summed E-state index contributed by atoms with van der Waals surface area (Å²) in [5, 5.41) is 3.15. The van der Waals surface area contributed by atoms with E-state index in [0.29, 0.717) is 12.3 Å². The number of aromatic nitrogens is 1. The molecule has 4 rings (SSSR count). The van der Waals surface area contributed by atoms with Gasteiger partial charge in [-0.25, -0.2) is 4.98 Å².